The predicted molar refractivity (Wildman–Crippen MR) is 130 cm³/mol. The lowest BCUT2D eigenvalue weighted by Crippen LogP contribution is -2.24. The number of H-pyrrole nitrogens is 2. The number of pyridine rings is 2. The molecule has 0 unspecified atom stereocenters. The van der Waals surface area contributed by atoms with E-state index in [1.807, 2.05) is 37.4 Å². The van der Waals surface area contributed by atoms with E-state index in [0.717, 1.165) is 5.56 Å². The zero-order valence-electron chi connectivity index (χ0n) is 19.2. The molecule has 0 aliphatic carbocycles. The Morgan fingerprint density at radius 3 is 2.29 bits per heavy atom. The minimum atomic E-state index is -0.621. The number of esters is 2. The first-order valence-electron chi connectivity index (χ1n) is 10.6. The van der Waals surface area contributed by atoms with E-state index < -0.39 is 11.9 Å². The minimum Gasteiger partial charge on any atom is -0.462 e. The molecule has 0 fully saturated rings. The van der Waals surface area contributed by atoms with Crippen molar-refractivity contribution in [3.8, 4) is 0 Å². The number of ether oxygens (including phenoxy) is 2. The molecule has 3 heterocycles. The SMILES string of the molecule is CCOC(=O)c1c(=Nc2ccc(C)cc2)nc2[nH]c(N)c(C(=O)OCC)c3[nH]c(SC)nc1c23. The van der Waals surface area contributed by atoms with Crippen LogP contribution >= 0.6 is 11.8 Å². The Morgan fingerprint density at radius 1 is 1.03 bits per heavy atom. The Morgan fingerprint density at radius 2 is 1.68 bits per heavy atom. The Balaban J connectivity index is 2.18. The molecule has 4 N–H and O–H groups in total. The quantitative estimate of drug-likeness (QED) is 0.215. The molecule has 11 heteroatoms. The fourth-order valence-electron chi connectivity index (χ4n) is 3.54. The molecule has 0 saturated carbocycles. The monoisotopic (exact) mass is 480 g/mol. The fraction of sp³-hybridized carbons (Fsp3) is 0.261. The molecule has 4 aromatic rings. The number of nitrogens with one attached hydrogen (secondary N) is 2. The van der Waals surface area contributed by atoms with E-state index in [1.165, 1.54) is 11.8 Å². The molecular weight excluding hydrogens is 456 g/mol. The lowest BCUT2D eigenvalue weighted by atomic mass is 10.1. The van der Waals surface area contributed by atoms with Gasteiger partial charge in [-0.25, -0.2) is 24.5 Å². The number of aromatic amines is 2. The predicted octanol–water partition coefficient (Wildman–Crippen LogP) is 3.64. The van der Waals surface area contributed by atoms with Gasteiger partial charge in [0.1, 0.15) is 22.6 Å². The lowest BCUT2D eigenvalue weighted by Gasteiger charge is -2.15. The molecule has 10 nitrogen and oxygen atoms in total. The largest absolute Gasteiger partial charge is 0.462 e. The summed E-state index contributed by atoms with van der Waals surface area (Å²) in [5.74, 6) is -1.16. The highest BCUT2D eigenvalue weighted by Crippen LogP contribution is 2.31. The second kappa shape index (κ2) is 9.56. The van der Waals surface area contributed by atoms with Crippen LogP contribution in [0.2, 0.25) is 0 Å². The molecule has 0 atom stereocenters. The number of aromatic nitrogens is 4. The maximum Gasteiger partial charge on any atom is 0.344 e. The van der Waals surface area contributed by atoms with E-state index in [-0.39, 0.29) is 41.2 Å². The van der Waals surface area contributed by atoms with Crippen molar-refractivity contribution in [2.45, 2.75) is 25.9 Å². The van der Waals surface area contributed by atoms with Gasteiger partial charge in [-0.2, -0.15) is 0 Å². The number of aryl methyl sites for hydroxylation is 1. The molecule has 0 aliphatic rings. The van der Waals surface area contributed by atoms with Crippen LogP contribution in [0.15, 0.2) is 34.4 Å². The smallest absolute Gasteiger partial charge is 0.344 e. The van der Waals surface area contributed by atoms with Crippen molar-refractivity contribution in [1.82, 2.24) is 19.9 Å². The van der Waals surface area contributed by atoms with Gasteiger partial charge in [0, 0.05) is 0 Å². The number of hydrogen-bond acceptors (Lipinski definition) is 9. The maximum absolute atomic E-state index is 13.1. The Labute approximate surface area is 199 Å². The molecule has 0 aliphatic heterocycles. The summed E-state index contributed by atoms with van der Waals surface area (Å²) < 4.78 is 10.5. The zero-order valence-corrected chi connectivity index (χ0v) is 20.0. The first kappa shape index (κ1) is 23.3. The van der Waals surface area contributed by atoms with E-state index in [9.17, 15) is 9.59 Å². The number of carbonyl (C=O) groups excluding carboxylic acids is 2. The Bertz CT molecular complexity index is 1470. The fourth-order valence-corrected chi connectivity index (χ4v) is 3.92. The summed E-state index contributed by atoms with van der Waals surface area (Å²) in [5.41, 5.74) is 9.18. The second-order valence-corrected chi connectivity index (χ2v) is 8.10. The van der Waals surface area contributed by atoms with E-state index in [1.54, 1.807) is 13.8 Å². The summed E-state index contributed by atoms with van der Waals surface area (Å²) in [7, 11) is 0. The van der Waals surface area contributed by atoms with E-state index >= 15 is 0 Å². The van der Waals surface area contributed by atoms with Crippen LogP contribution in [0.1, 0.15) is 40.1 Å². The summed E-state index contributed by atoms with van der Waals surface area (Å²) in [6, 6.07) is 7.48. The number of nitrogen functional groups attached to an aromatic ring is 1. The highest BCUT2D eigenvalue weighted by Gasteiger charge is 2.26. The van der Waals surface area contributed by atoms with Gasteiger partial charge in [0.2, 0.25) is 0 Å². The Kier molecular flexibility index (Phi) is 6.55. The van der Waals surface area contributed by atoms with E-state index in [4.69, 9.17) is 15.2 Å². The standard InChI is InChI=1S/C23H24N6O4S/c1-5-32-21(30)14-16-13-17(27-23(26-16)34-4)15(22(31)33-6-2)20(29-19(13)28-18(14)24)25-12-9-7-11(3)8-10-12/h7-10H,5-6H2,1-4H3,(H,26,27)(H3,24,25,28,29). The maximum atomic E-state index is 13.1. The average Bonchev–Trinajstić information content (AvgIpc) is 2.80. The minimum absolute atomic E-state index is 0.0689. The first-order valence-corrected chi connectivity index (χ1v) is 11.8. The molecule has 1 aromatic carbocycles. The summed E-state index contributed by atoms with van der Waals surface area (Å²) in [4.78, 5) is 45.7. The second-order valence-electron chi connectivity index (χ2n) is 7.31. The molecule has 0 saturated heterocycles. The third kappa shape index (κ3) is 4.21. The van der Waals surface area contributed by atoms with Crippen molar-refractivity contribution < 1.29 is 19.1 Å². The van der Waals surface area contributed by atoms with Crippen LogP contribution in [0.4, 0.5) is 11.5 Å². The molecule has 0 spiro atoms. The van der Waals surface area contributed by atoms with Gasteiger partial charge in [-0.05, 0) is 39.2 Å². The van der Waals surface area contributed by atoms with Gasteiger partial charge in [-0.1, -0.05) is 29.5 Å². The van der Waals surface area contributed by atoms with Crippen molar-refractivity contribution in [2.24, 2.45) is 4.99 Å². The molecule has 0 amide bonds. The van der Waals surface area contributed by atoms with E-state index in [0.29, 0.717) is 27.4 Å². The van der Waals surface area contributed by atoms with Gasteiger partial charge in [0.15, 0.2) is 10.6 Å². The van der Waals surface area contributed by atoms with Crippen molar-refractivity contribution in [3.05, 3.63) is 46.4 Å². The van der Waals surface area contributed by atoms with Gasteiger partial charge in [0.25, 0.3) is 0 Å². The molecular formula is C23H24N6O4S. The highest BCUT2D eigenvalue weighted by atomic mass is 32.2. The van der Waals surface area contributed by atoms with Crippen molar-refractivity contribution in [1.29, 1.82) is 0 Å². The molecule has 4 rings (SSSR count). The topological polar surface area (TPSA) is 148 Å². The van der Waals surface area contributed by atoms with Gasteiger partial charge in [0.05, 0.1) is 35.3 Å². The lowest BCUT2D eigenvalue weighted by molar-refractivity contribution is 0.0518. The highest BCUT2D eigenvalue weighted by molar-refractivity contribution is 7.98. The van der Waals surface area contributed by atoms with Crippen molar-refractivity contribution >= 4 is 57.3 Å². The zero-order chi connectivity index (χ0) is 24.4. The molecule has 0 radical (unpaired) electrons. The third-order valence-corrected chi connectivity index (χ3v) is 5.62. The number of carbonyl (C=O) groups is 2. The summed E-state index contributed by atoms with van der Waals surface area (Å²) in [6.07, 6.45) is 1.82. The third-order valence-electron chi connectivity index (χ3n) is 5.04. The molecule has 3 aromatic heterocycles. The van der Waals surface area contributed by atoms with Gasteiger partial charge in [-0.3, -0.25) is 0 Å². The van der Waals surface area contributed by atoms with Crippen molar-refractivity contribution in [2.75, 3.05) is 25.2 Å². The number of rotatable bonds is 6. The Hall–Kier alpha value is -3.86. The first-order chi connectivity index (χ1) is 16.4. The van der Waals surface area contributed by atoms with Crippen LogP contribution in [-0.2, 0) is 9.47 Å². The van der Waals surface area contributed by atoms with E-state index in [2.05, 4.69) is 24.9 Å². The van der Waals surface area contributed by atoms with Crippen LogP contribution in [0.5, 0.6) is 0 Å². The van der Waals surface area contributed by atoms with Crippen LogP contribution in [0.25, 0.3) is 22.1 Å². The normalized spacial score (nSPS) is 11.8. The number of anilines is 1. The van der Waals surface area contributed by atoms with Gasteiger partial charge < -0.3 is 25.2 Å². The van der Waals surface area contributed by atoms with Crippen LogP contribution in [0, 0.1) is 6.92 Å². The summed E-state index contributed by atoms with van der Waals surface area (Å²) in [5, 5.41) is 0.879. The van der Waals surface area contributed by atoms with Gasteiger partial charge >= 0.3 is 11.9 Å². The molecule has 34 heavy (non-hydrogen) atoms. The average molecular weight is 481 g/mol. The van der Waals surface area contributed by atoms with Crippen LogP contribution in [0.3, 0.4) is 0 Å². The van der Waals surface area contributed by atoms with Crippen LogP contribution in [-0.4, -0.2) is 51.3 Å². The number of thioether (sulfide) groups is 1. The number of nitrogens with zero attached hydrogens (tertiary/aromatic N) is 3. The number of benzene rings is 1. The van der Waals surface area contributed by atoms with Gasteiger partial charge in [-0.15, -0.1) is 0 Å². The number of nitrogens with two attached hydrogens (primary N) is 1. The van der Waals surface area contributed by atoms with Crippen molar-refractivity contribution in [3.63, 3.8) is 0 Å². The van der Waals surface area contributed by atoms with Crippen LogP contribution < -0.4 is 11.2 Å². The number of hydrogen-bond donors (Lipinski definition) is 3. The molecule has 0 bridgehead atoms. The molecule has 176 valence electrons. The summed E-state index contributed by atoms with van der Waals surface area (Å²) in [6.45, 7) is 5.72. The summed E-state index contributed by atoms with van der Waals surface area (Å²) >= 11 is 1.31.